The molecule has 0 unspecified atom stereocenters. The van der Waals surface area contributed by atoms with E-state index >= 15 is 0 Å². The van der Waals surface area contributed by atoms with Gasteiger partial charge in [-0.2, -0.15) is 0 Å². The van der Waals surface area contributed by atoms with Gasteiger partial charge in [-0.1, -0.05) is 18.2 Å². The van der Waals surface area contributed by atoms with Gasteiger partial charge in [-0.05, 0) is 93.0 Å². The topological polar surface area (TPSA) is 75.6 Å². The summed E-state index contributed by atoms with van der Waals surface area (Å²) in [6.45, 7) is 1.79. The number of aromatic hydroxyl groups is 1. The number of rotatable bonds is 4. The van der Waals surface area contributed by atoms with Crippen molar-refractivity contribution in [3.8, 4) is 5.75 Å². The van der Waals surface area contributed by atoms with Crippen LogP contribution in [0.5, 0.6) is 5.75 Å². The van der Waals surface area contributed by atoms with E-state index in [0.717, 1.165) is 19.3 Å². The molecule has 0 heterocycles. The number of esters is 1. The summed E-state index contributed by atoms with van der Waals surface area (Å²) in [5.41, 5.74) is 1.45. The summed E-state index contributed by atoms with van der Waals surface area (Å²) in [6.07, 6.45) is 6.62. The van der Waals surface area contributed by atoms with Crippen LogP contribution in [-0.4, -0.2) is 22.6 Å². The summed E-state index contributed by atoms with van der Waals surface area (Å²) < 4.78 is 6.09. The van der Waals surface area contributed by atoms with Crippen LogP contribution in [0.25, 0.3) is 0 Å². The average Bonchev–Trinajstić information content (AvgIpc) is 2.69. The highest BCUT2D eigenvalue weighted by molar-refractivity contribution is 6.05. The molecule has 6 rings (SSSR count). The molecule has 2 N–H and O–H groups in total. The molecule has 0 spiro atoms. The maximum atomic E-state index is 13.1. The Morgan fingerprint density at radius 2 is 1.60 bits per heavy atom. The maximum Gasteiger partial charge on any atom is 0.342 e. The van der Waals surface area contributed by atoms with Crippen molar-refractivity contribution >= 4 is 17.6 Å². The van der Waals surface area contributed by atoms with Crippen molar-refractivity contribution in [2.45, 2.75) is 51.0 Å². The summed E-state index contributed by atoms with van der Waals surface area (Å²) >= 11 is 0. The van der Waals surface area contributed by atoms with Gasteiger partial charge in [0.25, 0.3) is 5.91 Å². The summed E-state index contributed by atoms with van der Waals surface area (Å²) in [7, 11) is 0. The van der Waals surface area contributed by atoms with E-state index in [-0.39, 0.29) is 22.8 Å². The van der Waals surface area contributed by atoms with Crippen LogP contribution in [0.1, 0.15) is 64.8 Å². The first-order chi connectivity index (χ1) is 14.4. The van der Waals surface area contributed by atoms with Crippen molar-refractivity contribution in [3.05, 3.63) is 59.2 Å². The third kappa shape index (κ3) is 3.47. The number of phenolic OH excluding ortho intramolecular Hbond substituents is 1. The Morgan fingerprint density at radius 3 is 2.20 bits per heavy atom. The Balaban J connectivity index is 1.37. The predicted octanol–water partition coefficient (Wildman–Crippen LogP) is 5.08. The first kappa shape index (κ1) is 19.2. The summed E-state index contributed by atoms with van der Waals surface area (Å²) in [5.74, 6) is 1.12. The van der Waals surface area contributed by atoms with Crippen molar-refractivity contribution in [2.75, 3.05) is 5.32 Å². The number of carbonyl (C=O) groups excluding carboxylic acids is 2. The maximum absolute atomic E-state index is 13.1. The lowest BCUT2D eigenvalue weighted by atomic mass is 9.54. The van der Waals surface area contributed by atoms with Gasteiger partial charge in [0.05, 0.1) is 0 Å². The van der Waals surface area contributed by atoms with Crippen molar-refractivity contribution in [1.82, 2.24) is 0 Å². The molecule has 0 radical (unpaired) electrons. The Kier molecular flexibility index (Phi) is 4.57. The zero-order valence-electron chi connectivity index (χ0n) is 17.2. The fourth-order valence-corrected chi connectivity index (χ4v) is 6.18. The molecule has 156 valence electrons. The fourth-order valence-electron chi connectivity index (χ4n) is 6.18. The molecule has 30 heavy (non-hydrogen) atoms. The molecule has 4 fully saturated rings. The third-order valence-corrected chi connectivity index (χ3v) is 7.14. The van der Waals surface area contributed by atoms with E-state index < -0.39 is 5.97 Å². The number of aryl methyl sites for hydroxylation is 1. The molecule has 4 aliphatic rings. The second-order valence-electron chi connectivity index (χ2n) is 9.49. The number of benzene rings is 2. The average molecular weight is 405 g/mol. The van der Waals surface area contributed by atoms with E-state index in [2.05, 4.69) is 5.32 Å². The van der Waals surface area contributed by atoms with Crippen LogP contribution < -0.4 is 5.32 Å². The Hall–Kier alpha value is -2.82. The minimum atomic E-state index is -0.496. The number of carbonyl (C=O) groups is 2. The highest BCUT2D eigenvalue weighted by Gasteiger charge is 2.53. The zero-order chi connectivity index (χ0) is 20.9. The normalized spacial score (nSPS) is 28.9. The van der Waals surface area contributed by atoms with E-state index in [0.29, 0.717) is 34.6 Å². The number of hydrogen-bond donors (Lipinski definition) is 2. The number of amides is 1. The summed E-state index contributed by atoms with van der Waals surface area (Å²) in [5, 5.41) is 13.3. The summed E-state index contributed by atoms with van der Waals surface area (Å²) in [4.78, 5) is 25.6. The largest absolute Gasteiger partial charge is 0.507 e. The molecule has 0 aromatic heterocycles. The van der Waals surface area contributed by atoms with Gasteiger partial charge in [-0.3, -0.25) is 4.79 Å². The van der Waals surface area contributed by atoms with Gasteiger partial charge in [-0.15, -0.1) is 0 Å². The highest BCUT2D eigenvalue weighted by Crippen LogP contribution is 2.57. The van der Waals surface area contributed by atoms with Gasteiger partial charge in [0.15, 0.2) is 0 Å². The first-order valence-electron chi connectivity index (χ1n) is 10.8. The van der Waals surface area contributed by atoms with Crippen LogP contribution in [0.2, 0.25) is 0 Å². The number of anilines is 1. The zero-order valence-corrected chi connectivity index (χ0v) is 17.2. The van der Waals surface area contributed by atoms with E-state index in [4.69, 9.17) is 4.74 Å². The minimum absolute atomic E-state index is 0.111. The third-order valence-electron chi connectivity index (χ3n) is 7.14. The monoisotopic (exact) mass is 405 g/mol. The van der Waals surface area contributed by atoms with Gasteiger partial charge in [0.2, 0.25) is 0 Å². The molecule has 2 aromatic rings. The van der Waals surface area contributed by atoms with E-state index in [9.17, 15) is 14.7 Å². The minimum Gasteiger partial charge on any atom is -0.507 e. The lowest BCUT2D eigenvalue weighted by Gasteiger charge is -2.55. The van der Waals surface area contributed by atoms with Crippen LogP contribution in [-0.2, 0) is 4.74 Å². The molecule has 2 aromatic carbocycles. The van der Waals surface area contributed by atoms with Gasteiger partial charge in [-0.25, -0.2) is 4.79 Å². The number of phenols is 1. The number of nitrogens with one attached hydrogen (secondary N) is 1. The molecule has 4 aliphatic carbocycles. The van der Waals surface area contributed by atoms with Crippen molar-refractivity contribution in [2.24, 2.45) is 17.8 Å². The van der Waals surface area contributed by atoms with Gasteiger partial charge >= 0.3 is 5.97 Å². The lowest BCUT2D eigenvalue weighted by molar-refractivity contribution is -0.131. The predicted molar refractivity (Wildman–Crippen MR) is 114 cm³/mol. The molecule has 4 saturated carbocycles. The SMILES string of the molecule is Cc1cc(O)c(C(=O)OC23CC4CC(CC(C4)C2)C3)cc1NC(=O)c1ccccc1. The number of ether oxygens (including phenoxy) is 1. The molecule has 0 atom stereocenters. The van der Waals surface area contributed by atoms with Crippen molar-refractivity contribution < 1.29 is 19.4 Å². The van der Waals surface area contributed by atoms with Crippen molar-refractivity contribution in [1.29, 1.82) is 0 Å². The second kappa shape index (κ2) is 7.15. The summed E-state index contributed by atoms with van der Waals surface area (Å²) in [6, 6.07) is 12.0. The quantitative estimate of drug-likeness (QED) is 0.549. The smallest absolute Gasteiger partial charge is 0.342 e. The standard InChI is InChI=1S/C25H27NO4/c1-15-7-22(27)20(11-21(15)26-23(28)19-5-3-2-4-6-19)24(29)30-25-12-16-8-17(13-25)10-18(9-16)14-25/h2-7,11,16-18,27H,8-10,12-14H2,1H3,(H,26,28). The molecular formula is C25H27NO4. The molecule has 5 heteroatoms. The highest BCUT2D eigenvalue weighted by atomic mass is 16.6. The molecule has 1 amide bonds. The van der Waals surface area contributed by atoms with Gasteiger partial charge in [0.1, 0.15) is 16.9 Å². The fraction of sp³-hybridized carbons (Fsp3) is 0.440. The molecule has 4 bridgehead atoms. The van der Waals surface area contributed by atoms with E-state index in [1.54, 1.807) is 31.2 Å². The molecule has 0 saturated heterocycles. The van der Waals surface area contributed by atoms with Crippen LogP contribution in [0.3, 0.4) is 0 Å². The lowest BCUT2D eigenvalue weighted by Crippen LogP contribution is -2.52. The van der Waals surface area contributed by atoms with E-state index in [1.807, 2.05) is 6.07 Å². The Labute approximate surface area is 176 Å². The van der Waals surface area contributed by atoms with E-state index in [1.165, 1.54) is 31.4 Å². The Morgan fingerprint density at radius 1 is 1.00 bits per heavy atom. The number of hydrogen-bond acceptors (Lipinski definition) is 4. The Bertz CT molecular complexity index is 962. The van der Waals surface area contributed by atoms with Gasteiger partial charge in [0, 0.05) is 11.3 Å². The van der Waals surface area contributed by atoms with Crippen molar-refractivity contribution in [3.63, 3.8) is 0 Å². The molecular weight excluding hydrogens is 378 g/mol. The van der Waals surface area contributed by atoms with Crippen LogP contribution in [0, 0.1) is 24.7 Å². The van der Waals surface area contributed by atoms with Gasteiger partial charge < -0.3 is 15.2 Å². The van der Waals surface area contributed by atoms with Crippen LogP contribution in [0.15, 0.2) is 42.5 Å². The van der Waals surface area contributed by atoms with Crippen LogP contribution in [0.4, 0.5) is 5.69 Å². The molecule has 5 nitrogen and oxygen atoms in total. The molecule has 0 aliphatic heterocycles. The van der Waals surface area contributed by atoms with Crippen LogP contribution >= 0.6 is 0 Å². The second-order valence-corrected chi connectivity index (χ2v) is 9.49. The first-order valence-corrected chi connectivity index (χ1v) is 10.8.